The summed E-state index contributed by atoms with van der Waals surface area (Å²) >= 11 is 7.29. The number of carbonyl (C=O) groups is 1. The molecule has 2 aromatic carbocycles. The Labute approximate surface area is 126 Å². The summed E-state index contributed by atoms with van der Waals surface area (Å²) in [6, 6.07) is 16.2. The highest BCUT2D eigenvalue weighted by Crippen LogP contribution is 2.21. The molecule has 20 heavy (non-hydrogen) atoms. The summed E-state index contributed by atoms with van der Waals surface area (Å²) < 4.78 is 0. The Morgan fingerprint density at radius 3 is 2.80 bits per heavy atom. The highest BCUT2D eigenvalue weighted by Gasteiger charge is 2.04. The SMILES string of the molecule is N#Cc1cccc(NC(=O)CSc2cccc(Cl)c2)c1. The molecule has 0 aliphatic rings. The molecule has 0 bridgehead atoms. The van der Waals surface area contributed by atoms with E-state index in [4.69, 9.17) is 16.9 Å². The number of carbonyl (C=O) groups excluding carboxylic acids is 1. The first kappa shape index (κ1) is 14.4. The largest absolute Gasteiger partial charge is 0.325 e. The molecular formula is C15H11ClN2OS. The second-order valence-corrected chi connectivity index (χ2v) is 5.47. The van der Waals surface area contributed by atoms with Crippen LogP contribution in [0, 0.1) is 11.3 Å². The van der Waals surface area contributed by atoms with E-state index in [1.54, 1.807) is 30.3 Å². The fourth-order valence-electron chi connectivity index (χ4n) is 1.57. The molecule has 3 nitrogen and oxygen atoms in total. The van der Waals surface area contributed by atoms with Gasteiger partial charge in [0.15, 0.2) is 0 Å². The van der Waals surface area contributed by atoms with E-state index in [0.29, 0.717) is 16.3 Å². The zero-order chi connectivity index (χ0) is 14.4. The molecule has 0 atom stereocenters. The highest BCUT2D eigenvalue weighted by atomic mass is 35.5. The summed E-state index contributed by atoms with van der Waals surface area (Å²) in [5.74, 6) is 0.169. The van der Waals surface area contributed by atoms with Crippen molar-refractivity contribution < 1.29 is 4.79 Å². The molecule has 1 N–H and O–H groups in total. The van der Waals surface area contributed by atoms with Crippen LogP contribution >= 0.6 is 23.4 Å². The highest BCUT2D eigenvalue weighted by molar-refractivity contribution is 8.00. The number of halogens is 1. The Kier molecular flexibility index (Phi) is 5.05. The number of thioether (sulfide) groups is 1. The van der Waals surface area contributed by atoms with E-state index in [-0.39, 0.29) is 11.7 Å². The van der Waals surface area contributed by atoms with Crippen LogP contribution in [-0.2, 0) is 4.79 Å². The van der Waals surface area contributed by atoms with Gasteiger partial charge < -0.3 is 5.32 Å². The second kappa shape index (κ2) is 6.99. The molecule has 0 aromatic heterocycles. The number of benzene rings is 2. The average molecular weight is 303 g/mol. The smallest absolute Gasteiger partial charge is 0.234 e. The van der Waals surface area contributed by atoms with Gasteiger partial charge in [-0.2, -0.15) is 5.26 Å². The van der Waals surface area contributed by atoms with Crippen LogP contribution in [0.3, 0.4) is 0 Å². The maximum atomic E-state index is 11.8. The third-order valence-electron chi connectivity index (χ3n) is 2.44. The Bertz CT molecular complexity index is 667. The van der Waals surface area contributed by atoms with Crippen LogP contribution in [0.2, 0.25) is 5.02 Å². The van der Waals surface area contributed by atoms with Crippen molar-refractivity contribution in [2.75, 3.05) is 11.1 Å². The van der Waals surface area contributed by atoms with Gasteiger partial charge in [0.25, 0.3) is 0 Å². The molecule has 0 fully saturated rings. The molecule has 0 heterocycles. The van der Waals surface area contributed by atoms with Gasteiger partial charge in [0.1, 0.15) is 0 Å². The maximum absolute atomic E-state index is 11.8. The van der Waals surface area contributed by atoms with E-state index >= 15 is 0 Å². The minimum atomic E-state index is -0.120. The monoisotopic (exact) mass is 302 g/mol. The molecule has 0 aliphatic heterocycles. The van der Waals surface area contributed by atoms with Crippen LogP contribution < -0.4 is 5.32 Å². The summed E-state index contributed by atoms with van der Waals surface area (Å²) in [5.41, 5.74) is 1.14. The minimum Gasteiger partial charge on any atom is -0.325 e. The first-order valence-electron chi connectivity index (χ1n) is 5.86. The van der Waals surface area contributed by atoms with Crippen LogP contribution in [0.5, 0.6) is 0 Å². The number of rotatable bonds is 4. The molecule has 0 spiro atoms. The Morgan fingerprint density at radius 1 is 1.25 bits per heavy atom. The number of hydrogen-bond donors (Lipinski definition) is 1. The van der Waals surface area contributed by atoms with Gasteiger partial charge in [0.05, 0.1) is 17.4 Å². The van der Waals surface area contributed by atoms with Gasteiger partial charge >= 0.3 is 0 Å². The standard InChI is InChI=1S/C15H11ClN2OS/c16-12-4-2-6-14(8-12)20-10-15(19)18-13-5-1-3-11(7-13)9-17/h1-8H,10H2,(H,18,19). The van der Waals surface area contributed by atoms with Crippen molar-refractivity contribution in [2.45, 2.75) is 4.90 Å². The van der Waals surface area contributed by atoms with Gasteiger partial charge in [0.2, 0.25) is 5.91 Å². The maximum Gasteiger partial charge on any atom is 0.234 e. The molecule has 100 valence electrons. The minimum absolute atomic E-state index is 0.120. The van der Waals surface area contributed by atoms with E-state index in [1.807, 2.05) is 24.3 Å². The first-order valence-corrected chi connectivity index (χ1v) is 7.22. The van der Waals surface area contributed by atoms with Crippen molar-refractivity contribution in [3.05, 3.63) is 59.1 Å². The van der Waals surface area contributed by atoms with Crippen molar-refractivity contribution in [3.63, 3.8) is 0 Å². The van der Waals surface area contributed by atoms with Crippen molar-refractivity contribution in [1.29, 1.82) is 5.26 Å². The van der Waals surface area contributed by atoms with Crippen molar-refractivity contribution >= 4 is 35.0 Å². The molecule has 2 rings (SSSR count). The summed E-state index contributed by atoms with van der Waals surface area (Å²) in [6.45, 7) is 0. The van der Waals surface area contributed by atoms with Gasteiger partial charge in [-0.3, -0.25) is 4.79 Å². The lowest BCUT2D eigenvalue weighted by molar-refractivity contribution is -0.113. The predicted molar refractivity (Wildman–Crippen MR) is 82.0 cm³/mol. The lowest BCUT2D eigenvalue weighted by atomic mass is 10.2. The third kappa shape index (κ3) is 4.30. The van der Waals surface area contributed by atoms with E-state index in [0.717, 1.165) is 4.90 Å². The van der Waals surface area contributed by atoms with Gasteiger partial charge in [0, 0.05) is 15.6 Å². The number of hydrogen-bond acceptors (Lipinski definition) is 3. The molecular weight excluding hydrogens is 292 g/mol. The molecule has 1 amide bonds. The molecule has 0 saturated heterocycles. The fraction of sp³-hybridized carbons (Fsp3) is 0.0667. The molecule has 0 saturated carbocycles. The number of amides is 1. The Hall–Kier alpha value is -1.96. The lowest BCUT2D eigenvalue weighted by Gasteiger charge is -2.05. The number of nitrogens with zero attached hydrogens (tertiary/aromatic N) is 1. The van der Waals surface area contributed by atoms with E-state index in [1.165, 1.54) is 11.8 Å². The lowest BCUT2D eigenvalue weighted by Crippen LogP contribution is -2.13. The normalized spacial score (nSPS) is 9.80. The molecule has 0 unspecified atom stereocenters. The Morgan fingerprint density at radius 2 is 2.05 bits per heavy atom. The molecule has 0 aliphatic carbocycles. The van der Waals surface area contributed by atoms with E-state index in [9.17, 15) is 4.79 Å². The predicted octanol–water partition coefficient (Wildman–Crippen LogP) is 3.94. The summed E-state index contributed by atoms with van der Waals surface area (Å²) in [4.78, 5) is 12.8. The molecule has 2 aromatic rings. The molecule has 5 heteroatoms. The summed E-state index contributed by atoms with van der Waals surface area (Å²) in [5, 5.41) is 12.2. The third-order valence-corrected chi connectivity index (χ3v) is 3.67. The van der Waals surface area contributed by atoms with Crippen LogP contribution in [0.1, 0.15) is 5.56 Å². The first-order chi connectivity index (χ1) is 9.67. The van der Waals surface area contributed by atoms with E-state index < -0.39 is 0 Å². The average Bonchev–Trinajstić information content (AvgIpc) is 2.45. The summed E-state index contributed by atoms with van der Waals surface area (Å²) in [6.07, 6.45) is 0. The quantitative estimate of drug-likeness (QED) is 0.870. The van der Waals surface area contributed by atoms with Crippen LogP contribution in [0.4, 0.5) is 5.69 Å². The number of anilines is 1. The van der Waals surface area contributed by atoms with Gasteiger partial charge in [-0.25, -0.2) is 0 Å². The van der Waals surface area contributed by atoms with Crippen molar-refractivity contribution in [2.24, 2.45) is 0 Å². The molecule has 0 radical (unpaired) electrons. The van der Waals surface area contributed by atoms with Gasteiger partial charge in [-0.05, 0) is 36.4 Å². The fourth-order valence-corrected chi connectivity index (χ4v) is 2.58. The van der Waals surface area contributed by atoms with Crippen molar-refractivity contribution in [1.82, 2.24) is 0 Å². The Balaban J connectivity index is 1.91. The van der Waals surface area contributed by atoms with Crippen LogP contribution in [0.25, 0.3) is 0 Å². The topological polar surface area (TPSA) is 52.9 Å². The zero-order valence-electron chi connectivity index (χ0n) is 10.5. The summed E-state index contributed by atoms with van der Waals surface area (Å²) in [7, 11) is 0. The van der Waals surface area contributed by atoms with Gasteiger partial charge in [-0.15, -0.1) is 11.8 Å². The van der Waals surface area contributed by atoms with Crippen LogP contribution in [-0.4, -0.2) is 11.7 Å². The van der Waals surface area contributed by atoms with Crippen LogP contribution in [0.15, 0.2) is 53.4 Å². The van der Waals surface area contributed by atoms with E-state index in [2.05, 4.69) is 5.32 Å². The van der Waals surface area contributed by atoms with Crippen molar-refractivity contribution in [3.8, 4) is 6.07 Å². The number of nitrogens with one attached hydrogen (secondary N) is 1. The van der Waals surface area contributed by atoms with Gasteiger partial charge in [-0.1, -0.05) is 23.7 Å². The zero-order valence-corrected chi connectivity index (χ0v) is 12.0. The second-order valence-electron chi connectivity index (χ2n) is 3.99. The number of nitriles is 1.